The molecule has 2 heterocycles. The quantitative estimate of drug-likeness (QED) is 0.174. The van der Waals surface area contributed by atoms with Gasteiger partial charge in [-0.15, -0.1) is 0 Å². The molecule has 5 rings (SSSR count). The number of allylic oxidation sites excluding steroid dienone is 1. The minimum atomic E-state index is -4.96. The van der Waals surface area contributed by atoms with E-state index in [-0.39, 0.29) is 36.6 Å². The highest BCUT2D eigenvalue weighted by Crippen LogP contribution is 2.41. The fourth-order valence-electron chi connectivity index (χ4n) is 5.59. The molecule has 0 atom stereocenters. The Morgan fingerprint density at radius 3 is 2.09 bits per heavy atom. The second-order valence-corrected chi connectivity index (χ2v) is 11.5. The molecular formula is C33H33F6N5O. The molecule has 0 radical (unpaired) electrons. The number of ether oxygens (including phenoxy) is 1. The second-order valence-electron chi connectivity index (χ2n) is 11.5. The molecule has 2 aromatic carbocycles. The lowest BCUT2D eigenvalue weighted by Crippen LogP contribution is -2.27. The van der Waals surface area contributed by atoms with Crippen molar-refractivity contribution in [3.8, 4) is 16.9 Å². The molecule has 0 amide bonds. The molecule has 0 bridgehead atoms. The number of halogens is 6. The van der Waals surface area contributed by atoms with Crippen molar-refractivity contribution in [2.45, 2.75) is 57.9 Å². The van der Waals surface area contributed by atoms with Crippen LogP contribution in [0.4, 0.5) is 32.3 Å². The fraction of sp³-hybridized carbons (Fsp3) is 0.364. The number of nitrogens with zero attached hydrogens (tertiary/aromatic N) is 5. The fourth-order valence-corrected chi connectivity index (χ4v) is 5.59. The molecule has 2 aromatic heterocycles. The molecule has 0 unspecified atom stereocenters. The molecule has 0 fully saturated rings. The van der Waals surface area contributed by atoms with Crippen molar-refractivity contribution in [2.75, 3.05) is 18.6 Å². The number of benzene rings is 2. The molecule has 45 heavy (non-hydrogen) atoms. The maximum Gasteiger partial charge on any atom is 0.416 e. The van der Waals surface area contributed by atoms with Crippen LogP contribution in [0.25, 0.3) is 16.7 Å². The topological polar surface area (TPSA) is 56.1 Å². The van der Waals surface area contributed by atoms with Crippen molar-refractivity contribution < 1.29 is 31.1 Å². The van der Waals surface area contributed by atoms with Gasteiger partial charge < -0.3 is 9.64 Å². The van der Waals surface area contributed by atoms with Crippen LogP contribution in [0.5, 0.6) is 5.75 Å². The van der Waals surface area contributed by atoms with Gasteiger partial charge >= 0.3 is 12.4 Å². The Balaban J connectivity index is 1.58. The van der Waals surface area contributed by atoms with E-state index in [0.717, 1.165) is 52.8 Å². The van der Waals surface area contributed by atoms with E-state index < -0.39 is 23.5 Å². The highest BCUT2D eigenvalue weighted by Gasteiger charge is 2.37. The summed E-state index contributed by atoms with van der Waals surface area (Å²) in [6, 6.07) is 7.68. The maximum absolute atomic E-state index is 13.7. The standard InChI is InChI=1S/C33H33F6N5O/c1-20(2)22-8-9-30(45-4)29(12-22)28-7-5-6-23(28)19-44(31-40-14-24(15-41-31)25-16-42-43(3)18-25)17-21-10-26(32(34,35)36)13-27(11-21)33(37,38)39/h8-16,18,20H,5-7,17,19H2,1-4H3. The Labute approximate surface area is 257 Å². The number of aromatic nitrogens is 4. The Morgan fingerprint density at radius 1 is 0.867 bits per heavy atom. The average Bonchev–Trinajstić information content (AvgIpc) is 3.64. The zero-order valence-electron chi connectivity index (χ0n) is 25.3. The summed E-state index contributed by atoms with van der Waals surface area (Å²) in [5.74, 6) is 1.15. The van der Waals surface area contributed by atoms with Crippen molar-refractivity contribution in [1.82, 2.24) is 19.7 Å². The number of hydrogen-bond acceptors (Lipinski definition) is 5. The van der Waals surface area contributed by atoms with Crippen LogP contribution in [0.2, 0.25) is 0 Å². The van der Waals surface area contributed by atoms with Crippen molar-refractivity contribution in [2.24, 2.45) is 7.05 Å². The largest absolute Gasteiger partial charge is 0.496 e. The van der Waals surface area contributed by atoms with Gasteiger partial charge in [-0.2, -0.15) is 31.4 Å². The third-order valence-corrected chi connectivity index (χ3v) is 7.91. The van der Waals surface area contributed by atoms with Crippen LogP contribution >= 0.6 is 0 Å². The smallest absolute Gasteiger partial charge is 0.416 e. The third kappa shape index (κ3) is 7.32. The van der Waals surface area contributed by atoms with Gasteiger partial charge in [-0.25, -0.2) is 9.97 Å². The molecule has 238 valence electrons. The number of alkyl halides is 6. The first-order valence-electron chi connectivity index (χ1n) is 14.5. The molecule has 1 aliphatic rings. The van der Waals surface area contributed by atoms with E-state index in [0.29, 0.717) is 17.7 Å². The molecule has 12 heteroatoms. The van der Waals surface area contributed by atoms with Crippen LogP contribution < -0.4 is 9.64 Å². The first-order chi connectivity index (χ1) is 21.2. The number of aryl methyl sites for hydroxylation is 1. The van der Waals surface area contributed by atoms with E-state index in [1.54, 1.807) is 48.5 Å². The number of anilines is 1. The molecule has 0 spiro atoms. The highest BCUT2D eigenvalue weighted by molar-refractivity contribution is 5.76. The van der Waals surface area contributed by atoms with Gasteiger partial charge in [0.1, 0.15) is 5.75 Å². The first kappa shape index (κ1) is 32.1. The van der Waals surface area contributed by atoms with E-state index in [1.165, 1.54) is 0 Å². The Bertz CT molecular complexity index is 1660. The summed E-state index contributed by atoms with van der Waals surface area (Å²) in [6.07, 6.45) is -1.05. The molecule has 0 saturated carbocycles. The van der Waals surface area contributed by atoms with Gasteiger partial charge in [0.15, 0.2) is 0 Å². The summed E-state index contributed by atoms with van der Waals surface area (Å²) < 4.78 is 89.5. The van der Waals surface area contributed by atoms with Crippen molar-refractivity contribution in [3.63, 3.8) is 0 Å². The Kier molecular flexibility index (Phi) is 8.95. The van der Waals surface area contributed by atoms with Crippen LogP contribution in [0.1, 0.15) is 66.8 Å². The summed E-state index contributed by atoms with van der Waals surface area (Å²) in [5.41, 5.74) is 2.65. The first-order valence-corrected chi connectivity index (χ1v) is 14.5. The molecule has 0 saturated heterocycles. The lowest BCUT2D eigenvalue weighted by Gasteiger charge is -2.26. The lowest BCUT2D eigenvalue weighted by atomic mass is 9.94. The average molecular weight is 630 g/mol. The van der Waals surface area contributed by atoms with Gasteiger partial charge in [-0.05, 0) is 77.8 Å². The number of methoxy groups -OCH3 is 1. The van der Waals surface area contributed by atoms with Crippen molar-refractivity contribution in [1.29, 1.82) is 0 Å². The van der Waals surface area contributed by atoms with E-state index >= 15 is 0 Å². The Hall–Kier alpha value is -4.35. The molecule has 4 aromatic rings. The van der Waals surface area contributed by atoms with Crippen LogP contribution in [-0.2, 0) is 25.9 Å². The zero-order chi connectivity index (χ0) is 32.5. The Morgan fingerprint density at radius 2 is 1.53 bits per heavy atom. The zero-order valence-corrected chi connectivity index (χ0v) is 25.3. The second kappa shape index (κ2) is 12.6. The van der Waals surface area contributed by atoms with Crippen LogP contribution in [-0.4, -0.2) is 33.4 Å². The van der Waals surface area contributed by atoms with E-state index in [9.17, 15) is 26.3 Å². The minimum absolute atomic E-state index is 0.138. The number of hydrogen-bond donors (Lipinski definition) is 0. The molecular weight excluding hydrogens is 596 g/mol. The van der Waals surface area contributed by atoms with Crippen molar-refractivity contribution in [3.05, 3.63) is 94.6 Å². The van der Waals surface area contributed by atoms with Crippen LogP contribution in [0.15, 0.2) is 66.8 Å². The van der Waals surface area contributed by atoms with Crippen LogP contribution in [0.3, 0.4) is 0 Å². The van der Waals surface area contributed by atoms with E-state index in [2.05, 4.69) is 35.0 Å². The maximum atomic E-state index is 13.7. The highest BCUT2D eigenvalue weighted by atomic mass is 19.4. The number of rotatable bonds is 9. The van der Waals surface area contributed by atoms with Gasteiger partial charge in [0.05, 0.1) is 24.4 Å². The van der Waals surface area contributed by atoms with Gasteiger partial charge in [-0.3, -0.25) is 4.68 Å². The minimum Gasteiger partial charge on any atom is -0.496 e. The summed E-state index contributed by atoms with van der Waals surface area (Å²) in [4.78, 5) is 10.6. The predicted molar refractivity (Wildman–Crippen MR) is 160 cm³/mol. The summed E-state index contributed by atoms with van der Waals surface area (Å²) in [6.45, 7) is 4.11. The predicted octanol–water partition coefficient (Wildman–Crippen LogP) is 8.69. The van der Waals surface area contributed by atoms with Gasteiger partial charge in [0, 0.05) is 55.4 Å². The van der Waals surface area contributed by atoms with Gasteiger partial charge in [0.2, 0.25) is 5.95 Å². The molecule has 1 aliphatic carbocycles. The van der Waals surface area contributed by atoms with E-state index in [4.69, 9.17) is 4.74 Å². The molecule has 6 nitrogen and oxygen atoms in total. The van der Waals surface area contributed by atoms with Gasteiger partial charge in [-0.1, -0.05) is 19.9 Å². The summed E-state index contributed by atoms with van der Waals surface area (Å²) in [5, 5.41) is 4.15. The van der Waals surface area contributed by atoms with Crippen LogP contribution in [0, 0.1) is 0 Å². The van der Waals surface area contributed by atoms with Crippen molar-refractivity contribution >= 4 is 11.5 Å². The lowest BCUT2D eigenvalue weighted by molar-refractivity contribution is -0.143. The van der Waals surface area contributed by atoms with E-state index in [1.807, 2.05) is 12.1 Å². The normalized spacial score (nSPS) is 14.0. The molecule has 0 N–H and O–H groups in total. The SMILES string of the molecule is COc1ccc(C(C)C)cc1C1=C(CN(Cc2cc(C(F)(F)F)cc(C(F)(F)F)c2)c2ncc(-c3cnn(C)c3)cn2)CCC1. The summed E-state index contributed by atoms with van der Waals surface area (Å²) in [7, 11) is 3.36. The third-order valence-electron chi connectivity index (χ3n) is 7.91. The summed E-state index contributed by atoms with van der Waals surface area (Å²) >= 11 is 0. The molecule has 0 aliphatic heterocycles. The van der Waals surface area contributed by atoms with Gasteiger partial charge in [0.25, 0.3) is 0 Å². The monoisotopic (exact) mass is 629 g/mol.